The Morgan fingerprint density at radius 2 is 1.96 bits per heavy atom. The molecule has 4 nitrogen and oxygen atoms in total. The predicted octanol–water partition coefficient (Wildman–Crippen LogP) is 3.56. The summed E-state index contributed by atoms with van der Waals surface area (Å²) < 4.78 is 32.0. The predicted molar refractivity (Wildman–Crippen MR) is 104 cm³/mol. The van der Waals surface area contributed by atoms with E-state index in [1.807, 2.05) is 24.3 Å². The molecule has 0 aliphatic carbocycles. The lowest BCUT2D eigenvalue weighted by Crippen LogP contribution is -2.50. The van der Waals surface area contributed by atoms with Crippen LogP contribution in [0, 0.1) is 11.6 Å². The zero-order chi connectivity index (χ0) is 19.9. The monoisotopic (exact) mass is 388 g/mol. The molecule has 0 spiro atoms. The van der Waals surface area contributed by atoms with Gasteiger partial charge in [-0.15, -0.1) is 0 Å². The second kappa shape index (κ2) is 9.64. The number of benzene rings is 2. The van der Waals surface area contributed by atoms with Crippen LogP contribution in [0.2, 0.25) is 0 Å². The number of hydrogen-bond donors (Lipinski definition) is 2. The number of nitrogens with one attached hydrogen (secondary N) is 2. The zero-order valence-electron chi connectivity index (χ0n) is 16.0. The van der Waals surface area contributed by atoms with Crippen molar-refractivity contribution < 1.29 is 18.3 Å². The second-order valence-corrected chi connectivity index (χ2v) is 7.15. The molecular weight excluding hydrogens is 362 g/mol. The molecule has 0 bridgehead atoms. The van der Waals surface area contributed by atoms with Gasteiger partial charge in [0.25, 0.3) is 0 Å². The van der Waals surface area contributed by atoms with E-state index in [0.717, 1.165) is 48.8 Å². The molecule has 1 amide bonds. The fraction of sp³-hybridized carbons (Fsp3) is 0.409. The number of aryl methyl sites for hydroxylation is 1. The van der Waals surface area contributed by atoms with Gasteiger partial charge < -0.3 is 15.4 Å². The topological polar surface area (TPSA) is 50.4 Å². The van der Waals surface area contributed by atoms with E-state index in [4.69, 9.17) is 4.74 Å². The molecule has 2 N–H and O–H groups in total. The first-order valence-corrected chi connectivity index (χ1v) is 9.65. The quantitative estimate of drug-likeness (QED) is 0.763. The molecule has 2 aromatic rings. The molecule has 1 saturated heterocycles. The second-order valence-electron chi connectivity index (χ2n) is 7.15. The Labute approximate surface area is 164 Å². The third kappa shape index (κ3) is 5.29. The Morgan fingerprint density at radius 1 is 1.18 bits per heavy atom. The standard InChI is InChI=1S/C22H26F2N2O2/c1-28-17-8-5-15(6-9-17)3-2-4-22(27)26-21-14-25-12-11-18(21)16-7-10-19(23)20(24)13-16/h5-10,13,18,21,25H,2-4,11-12,14H2,1H3,(H,26,27). The Balaban J connectivity index is 1.52. The molecule has 3 rings (SSSR count). The molecule has 1 heterocycles. The van der Waals surface area contributed by atoms with Crippen molar-refractivity contribution in [1.82, 2.24) is 10.6 Å². The van der Waals surface area contributed by atoms with Gasteiger partial charge in [-0.2, -0.15) is 0 Å². The van der Waals surface area contributed by atoms with E-state index in [-0.39, 0.29) is 17.9 Å². The lowest BCUT2D eigenvalue weighted by atomic mass is 9.86. The van der Waals surface area contributed by atoms with Crippen LogP contribution in [-0.4, -0.2) is 32.1 Å². The highest BCUT2D eigenvalue weighted by molar-refractivity contribution is 5.76. The Hall–Kier alpha value is -2.47. The van der Waals surface area contributed by atoms with Crippen LogP contribution in [0.25, 0.3) is 0 Å². The van der Waals surface area contributed by atoms with Gasteiger partial charge in [-0.05, 0) is 61.2 Å². The Morgan fingerprint density at radius 3 is 2.68 bits per heavy atom. The minimum Gasteiger partial charge on any atom is -0.497 e. The lowest BCUT2D eigenvalue weighted by Gasteiger charge is -2.33. The number of amides is 1. The van der Waals surface area contributed by atoms with Crippen LogP contribution in [0.4, 0.5) is 8.78 Å². The number of halogens is 2. The smallest absolute Gasteiger partial charge is 0.220 e. The van der Waals surface area contributed by atoms with Gasteiger partial charge in [0.2, 0.25) is 5.91 Å². The number of methoxy groups -OCH3 is 1. The van der Waals surface area contributed by atoms with Gasteiger partial charge in [0, 0.05) is 24.9 Å². The minimum absolute atomic E-state index is 0.0187. The van der Waals surface area contributed by atoms with E-state index >= 15 is 0 Å². The van der Waals surface area contributed by atoms with Gasteiger partial charge in [0.15, 0.2) is 11.6 Å². The van der Waals surface area contributed by atoms with Crippen LogP contribution in [0.1, 0.15) is 36.3 Å². The maximum absolute atomic E-state index is 13.6. The van der Waals surface area contributed by atoms with E-state index in [2.05, 4.69) is 10.6 Å². The van der Waals surface area contributed by atoms with E-state index in [1.165, 1.54) is 6.07 Å². The SMILES string of the molecule is COc1ccc(CCCC(=O)NC2CNCCC2c2ccc(F)c(F)c2)cc1. The highest BCUT2D eigenvalue weighted by Crippen LogP contribution is 2.27. The van der Waals surface area contributed by atoms with Crippen molar-refractivity contribution in [2.24, 2.45) is 0 Å². The van der Waals surface area contributed by atoms with Crippen molar-refractivity contribution in [3.8, 4) is 5.75 Å². The first-order valence-electron chi connectivity index (χ1n) is 9.65. The molecule has 2 unspecified atom stereocenters. The van der Waals surface area contributed by atoms with Gasteiger partial charge >= 0.3 is 0 Å². The summed E-state index contributed by atoms with van der Waals surface area (Å²) in [4.78, 5) is 12.4. The van der Waals surface area contributed by atoms with Gasteiger partial charge in [-0.25, -0.2) is 8.78 Å². The summed E-state index contributed by atoms with van der Waals surface area (Å²) in [5.74, 6) is -0.927. The van der Waals surface area contributed by atoms with E-state index in [1.54, 1.807) is 13.2 Å². The Bertz CT molecular complexity index is 796. The third-order valence-corrected chi connectivity index (χ3v) is 5.23. The first-order chi connectivity index (χ1) is 13.6. The van der Waals surface area contributed by atoms with Crippen LogP contribution in [0.5, 0.6) is 5.75 Å². The summed E-state index contributed by atoms with van der Waals surface area (Å²) in [5.41, 5.74) is 1.89. The van der Waals surface area contributed by atoms with Gasteiger partial charge in [-0.3, -0.25) is 4.79 Å². The highest BCUT2D eigenvalue weighted by atomic mass is 19.2. The Kier molecular flexibility index (Phi) is 6.98. The molecular formula is C22H26F2N2O2. The number of carbonyl (C=O) groups excluding carboxylic acids is 1. The molecule has 1 aliphatic rings. The lowest BCUT2D eigenvalue weighted by molar-refractivity contribution is -0.122. The van der Waals surface area contributed by atoms with Gasteiger partial charge in [0.1, 0.15) is 5.75 Å². The minimum atomic E-state index is -0.850. The first kappa shape index (κ1) is 20.3. The zero-order valence-corrected chi connectivity index (χ0v) is 16.0. The summed E-state index contributed by atoms with van der Waals surface area (Å²) in [6, 6.07) is 11.7. The number of piperidine rings is 1. The summed E-state index contributed by atoms with van der Waals surface area (Å²) in [7, 11) is 1.63. The molecule has 0 radical (unpaired) electrons. The van der Waals surface area contributed by atoms with Crippen molar-refractivity contribution in [3.05, 3.63) is 65.2 Å². The van der Waals surface area contributed by atoms with Crippen LogP contribution in [0.3, 0.4) is 0 Å². The number of rotatable bonds is 7. The maximum atomic E-state index is 13.6. The molecule has 0 aromatic heterocycles. The van der Waals surface area contributed by atoms with Crippen molar-refractivity contribution >= 4 is 5.91 Å². The maximum Gasteiger partial charge on any atom is 0.220 e. The van der Waals surface area contributed by atoms with Crippen LogP contribution >= 0.6 is 0 Å². The molecule has 1 fully saturated rings. The van der Waals surface area contributed by atoms with Crippen molar-refractivity contribution in [2.75, 3.05) is 20.2 Å². The number of carbonyl (C=O) groups is 1. The number of ether oxygens (including phenoxy) is 1. The van der Waals surface area contributed by atoms with Crippen LogP contribution in [-0.2, 0) is 11.2 Å². The summed E-state index contributed by atoms with van der Waals surface area (Å²) >= 11 is 0. The van der Waals surface area contributed by atoms with Gasteiger partial charge in [-0.1, -0.05) is 18.2 Å². The molecule has 150 valence electrons. The fourth-order valence-electron chi connectivity index (χ4n) is 3.68. The molecule has 28 heavy (non-hydrogen) atoms. The average Bonchev–Trinajstić information content (AvgIpc) is 2.71. The molecule has 0 saturated carbocycles. The molecule has 2 aromatic carbocycles. The summed E-state index contributed by atoms with van der Waals surface area (Å²) in [5, 5.41) is 6.33. The highest BCUT2D eigenvalue weighted by Gasteiger charge is 2.28. The van der Waals surface area contributed by atoms with Crippen LogP contribution < -0.4 is 15.4 Å². The number of hydrogen-bond acceptors (Lipinski definition) is 3. The molecule has 1 aliphatic heterocycles. The van der Waals surface area contributed by atoms with Crippen molar-refractivity contribution in [2.45, 2.75) is 37.6 Å². The largest absolute Gasteiger partial charge is 0.497 e. The van der Waals surface area contributed by atoms with E-state index in [0.29, 0.717) is 13.0 Å². The fourth-order valence-corrected chi connectivity index (χ4v) is 3.68. The van der Waals surface area contributed by atoms with E-state index < -0.39 is 11.6 Å². The third-order valence-electron chi connectivity index (χ3n) is 5.23. The summed E-state index contributed by atoms with van der Waals surface area (Å²) in [6.07, 6.45) is 2.75. The van der Waals surface area contributed by atoms with Crippen molar-refractivity contribution in [3.63, 3.8) is 0 Å². The van der Waals surface area contributed by atoms with Crippen molar-refractivity contribution in [1.29, 1.82) is 0 Å². The molecule has 6 heteroatoms. The van der Waals surface area contributed by atoms with E-state index in [9.17, 15) is 13.6 Å². The van der Waals surface area contributed by atoms with Gasteiger partial charge in [0.05, 0.1) is 7.11 Å². The normalized spacial score (nSPS) is 19.2. The van der Waals surface area contributed by atoms with Crippen LogP contribution in [0.15, 0.2) is 42.5 Å². The molecule has 2 atom stereocenters. The average molecular weight is 388 g/mol. The summed E-state index contributed by atoms with van der Waals surface area (Å²) in [6.45, 7) is 1.40.